The second-order valence-electron chi connectivity index (χ2n) is 5.92. The summed E-state index contributed by atoms with van der Waals surface area (Å²) in [6.45, 7) is 7.30. The van der Waals surface area contributed by atoms with Crippen LogP contribution in [0.4, 0.5) is 0 Å². The van der Waals surface area contributed by atoms with Gasteiger partial charge in [0.25, 0.3) is 0 Å². The molecule has 0 fully saturated rings. The van der Waals surface area contributed by atoms with Crippen molar-refractivity contribution in [2.45, 2.75) is 42.6 Å². The van der Waals surface area contributed by atoms with Crippen molar-refractivity contribution < 1.29 is 0 Å². The fourth-order valence-corrected chi connectivity index (χ4v) is 3.53. The van der Waals surface area contributed by atoms with Gasteiger partial charge in [-0.25, -0.2) is 0 Å². The van der Waals surface area contributed by atoms with Gasteiger partial charge in [0.1, 0.15) is 0 Å². The number of hydrogen-bond acceptors (Lipinski definition) is 2. The van der Waals surface area contributed by atoms with Crippen molar-refractivity contribution in [1.29, 1.82) is 0 Å². The van der Waals surface area contributed by atoms with Crippen LogP contribution in [0.1, 0.15) is 26.3 Å². The van der Waals surface area contributed by atoms with E-state index in [-0.39, 0.29) is 5.54 Å². The largest absolute Gasteiger partial charge is 0.308 e. The molecule has 1 N–H and O–H groups in total. The van der Waals surface area contributed by atoms with Crippen LogP contribution in [0, 0.1) is 0 Å². The molecule has 2 aromatic carbocycles. The van der Waals surface area contributed by atoms with E-state index in [9.17, 15) is 0 Å². The average molecular weight is 385 g/mol. The van der Waals surface area contributed by atoms with Gasteiger partial charge in [-0.2, -0.15) is 0 Å². The zero-order valence-electron chi connectivity index (χ0n) is 12.4. The summed E-state index contributed by atoms with van der Waals surface area (Å²) in [7, 11) is 0. The highest BCUT2D eigenvalue weighted by Gasteiger charge is 2.11. The third-order valence-corrected chi connectivity index (χ3v) is 4.69. The summed E-state index contributed by atoms with van der Waals surface area (Å²) in [6, 6.07) is 14.4. The van der Waals surface area contributed by atoms with Crippen LogP contribution in [0.3, 0.4) is 0 Å². The fourth-order valence-electron chi connectivity index (χ4n) is 1.80. The van der Waals surface area contributed by atoms with E-state index in [1.807, 2.05) is 18.2 Å². The lowest BCUT2D eigenvalue weighted by atomic mass is 10.1. The second-order valence-corrected chi connectivity index (χ2v) is 8.38. The van der Waals surface area contributed by atoms with Gasteiger partial charge in [0, 0.05) is 31.4 Å². The number of hydrogen-bond donors (Lipinski definition) is 1. The summed E-state index contributed by atoms with van der Waals surface area (Å²) in [5.41, 5.74) is 1.31. The van der Waals surface area contributed by atoms with Gasteiger partial charge in [0.15, 0.2) is 0 Å². The maximum Gasteiger partial charge on any atom is 0.0410 e. The molecule has 0 saturated carbocycles. The molecule has 2 rings (SSSR count). The van der Waals surface area contributed by atoms with Gasteiger partial charge in [-0.15, -0.1) is 0 Å². The Morgan fingerprint density at radius 3 is 2.57 bits per heavy atom. The zero-order valence-corrected chi connectivity index (χ0v) is 15.6. The highest BCUT2D eigenvalue weighted by Crippen LogP contribution is 2.33. The van der Waals surface area contributed by atoms with Crippen LogP contribution in [-0.4, -0.2) is 5.54 Å². The minimum atomic E-state index is 0.0834. The maximum absolute atomic E-state index is 6.15. The van der Waals surface area contributed by atoms with Crippen molar-refractivity contribution in [1.82, 2.24) is 5.32 Å². The van der Waals surface area contributed by atoms with Gasteiger partial charge in [0.2, 0.25) is 0 Å². The first-order valence-electron chi connectivity index (χ1n) is 6.80. The summed E-state index contributed by atoms with van der Waals surface area (Å²) < 4.78 is 1.09. The Bertz CT molecular complexity index is 622. The maximum atomic E-state index is 6.15. The molecular weight excluding hydrogens is 366 g/mol. The van der Waals surface area contributed by atoms with Crippen LogP contribution in [0.5, 0.6) is 0 Å². The number of nitrogens with one attached hydrogen (secondary N) is 1. The van der Waals surface area contributed by atoms with Gasteiger partial charge >= 0.3 is 0 Å². The first-order valence-corrected chi connectivity index (χ1v) is 8.79. The Balaban J connectivity index is 2.22. The first kappa shape index (κ1) is 16.9. The summed E-state index contributed by atoms with van der Waals surface area (Å²) in [5.74, 6) is 0. The average Bonchev–Trinajstić information content (AvgIpc) is 2.38. The molecule has 4 heteroatoms. The molecule has 0 aromatic heterocycles. The van der Waals surface area contributed by atoms with Crippen molar-refractivity contribution in [2.24, 2.45) is 0 Å². The molecule has 1 nitrogen and oxygen atoms in total. The third kappa shape index (κ3) is 5.67. The Hall–Kier alpha value is -0.480. The normalized spacial score (nSPS) is 11.7. The highest BCUT2D eigenvalue weighted by molar-refractivity contribution is 9.10. The molecule has 0 unspecified atom stereocenters. The summed E-state index contributed by atoms with van der Waals surface area (Å²) in [4.78, 5) is 2.44. The Morgan fingerprint density at radius 2 is 1.90 bits per heavy atom. The minimum absolute atomic E-state index is 0.0834. The molecule has 2 aromatic rings. The van der Waals surface area contributed by atoms with Crippen molar-refractivity contribution in [3.63, 3.8) is 0 Å². The van der Waals surface area contributed by atoms with Crippen LogP contribution in [0.25, 0.3) is 0 Å². The lowest BCUT2D eigenvalue weighted by Gasteiger charge is -2.21. The second kappa shape index (κ2) is 7.19. The Kier molecular flexibility index (Phi) is 5.78. The van der Waals surface area contributed by atoms with Gasteiger partial charge in [-0.3, -0.25) is 0 Å². The third-order valence-electron chi connectivity index (χ3n) is 2.86. The zero-order chi connectivity index (χ0) is 15.5. The molecule has 0 saturated heterocycles. The van der Waals surface area contributed by atoms with Gasteiger partial charge in [-0.1, -0.05) is 45.4 Å². The van der Waals surface area contributed by atoms with Crippen molar-refractivity contribution >= 4 is 39.3 Å². The summed E-state index contributed by atoms with van der Waals surface area (Å²) in [6.07, 6.45) is 0. The molecule has 0 bridgehead atoms. The first-order chi connectivity index (χ1) is 9.83. The molecule has 0 spiro atoms. The van der Waals surface area contributed by atoms with E-state index in [0.29, 0.717) is 0 Å². The van der Waals surface area contributed by atoms with E-state index >= 15 is 0 Å². The topological polar surface area (TPSA) is 12.0 Å². The number of rotatable bonds is 4. The lowest BCUT2D eigenvalue weighted by Crippen LogP contribution is -2.35. The van der Waals surface area contributed by atoms with E-state index < -0.39 is 0 Å². The number of benzene rings is 2. The monoisotopic (exact) mass is 383 g/mol. The van der Waals surface area contributed by atoms with Crippen molar-refractivity contribution in [3.8, 4) is 0 Å². The molecule has 0 amide bonds. The molecule has 112 valence electrons. The lowest BCUT2D eigenvalue weighted by molar-refractivity contribution is 0.422. The Labute approximate surface area is 144 Å². The van der Waals surface area contributed by atoms with E-state index in [4.69, 9.17) is 11.6 Å². The van der Waals surface area contributed by atoms with Crippen LogP contribution in [-0.2, 0) is 6.54 Å². The van der Waals surface area contributed by atoms with Crippen LogP contribution >= 0.6 is 39.3 Å². The van der Waals surface area contributed by atoms with E-state index in [0.717, 1.165) is 16.0 Å². The molecule has 0 heterocycles. The molecule has 21 heavy (non-hydrogen) atoms. The van der Waals surface area contributed by atoms with Gasteiger partial charge in [-0.05, 0) is 62.7 Å². The van der Waals surface area contributed by atoms with E-state index in [2.05, 4.69) is 66.3 Å². The molecule has 0 aliphatic heterocycles. The van der Waals surface area contributed by atoms with Gasteiger partial charge in [0.05, 0.1) is 0 Å². The van der Waals surface area contributed by atoms with Crippen LogP contribution in [0.2, 0.25) is 5.02 Å². The molecule has 0 aliphatic carbocycles. The molecule has 0 aliphatic rings. The minimum Gasteiger partial charge on any atom is -0.308 e. The van der Waals surface area contributed by atoms with Crippen LogP contribution in [0.15, 0.2) is 56.7 Å². The molecule has 0 atom stereocenters. The predicted octanol–water partition coefficient (Wildman–Crippen LogP) is 6.14. The molecule has 0 radical (unpaired) electrons. The fraction of sp³-hybridized carbons (Fsp3) is 0.294. The highest BCUT2D eigenvalue weighted by atomic mass is 79.9. The standard InChI is InChI=1S/C17H19BrClNS/c1-17(2,3)20-11-12-9-14(19)7-8-16(12)21-15-6-4-5-13(18)10-15/h4-10,20H,11H2,1-3H3. The number of halogens is 2. The van der Waals surface area contributed by atoms with E-state index in [1.165, 1.54) is 15.4 Å². The molecular formula is C17H19BrClNS. The summed E-state index contributed by atoms with van der Waals surface area (Å²) in [5, 5.41) is 4.30. The smallest absolute Gasteiger partial charge is 0.0410 e. The Morgan fingerprint density at radius 1 is 1.14 bits per heavy atom. The van der Waals surface area contributed by atoms with Crippen molar-refractivity contribution in [3.05, 3.63) is 57.5 Å². The quantitative estimate of drug-likeness (QED) is 0.679. The van der Waals surface area contributed by atoms with Crippen LogP contribution < -0.4 is 5.32 Å². The summed E-state index contributed by atoms with van der Waals surface area (Å²) >= 11 is 11.4. The van der Waals surface area contributed by atoms with Gasteiger partial charge < -0.3 is 5.32 Å². The van der Waals surface area contributed by atoms with Crippen molar-refractivity contribution in [2.75, 3.05) is 0 Å². The predicted molar refractivity (Wildman–Crippen MR) is 96.3 cm³/mol. The van der Waals surface area contributed by atoms with E-state index in [1.54, 1.807) is 11.8 Å². The SMILES string of the molecule is CC(C)(C)NCc1cc(Cl)ccc1Sc1cccc(Br)c1.